The molecule has 1 aromatic heterocycles. The molecule has 202 valence electrons. The summed E-state index contributed by atoms with van der Waals surface area (Å²) in [6.07, 6.45) is 0. The second-order valence-corrected chi connectivity index (χ2v) is 12.0. The van der Waals surface area contributed by atoms with Crippen LogP contribution in [0.25, 0.3) is 44.2 Å². The van der Waals surface area contributed by atoms with Gasteiger partial charge in [0, 0.05) is 27.2 Å². The van der Waals surface area contributed by atoms with Gasteiger partial charge in [-0.15, -0.1) is 0 Å². The number of para-hydroxylation sites is 1. The van der Waals surface area contributed by atoms with Crippen molar-refractivity contribution in [1.29, 1.82) is 0 Å². The van der Waals surface area contributed by atoms with E-state index in [1.54, 1.807) is 0 Å². The summed E-state index contributed by atoms with van der Waals surface area (Å²) in [7, 11) is 0. The van der Waals surface area contributed by atoms with Crippen LogP contribution in [0.1, 0.15) is 25.0 Å². The smallest absolute Gasteiger partial charge is 0.137 e. The molecule has 0 aliphatic heterocycles. The molecule has 0 spiro atoms. The fraction of sp³-hybridized carbons (Fsp3) is 0.0769. The second kappa shape index (κ2) is 9.37. The Morgan fingerprint density at radius 3 is 2.14 bits per heavy atom. The molecule has 1 aliphatic carbocycles. The molecular formula is C39H28ClNO. The van der Waals surface area contributed by atoms with E-state index in [-0.39, 0.29) is 5.41 Å². The standard InChI is InChI=1S/C39H28ClNO/c1-39(2)33-16-5-3-14-30(33)31-21-20-29(24-34(31)39)41(28-13-8-11-26(23-28)25-10-7-12-27(40)22-25)35-17-9-19-37-38(35)32-15-4-6-18-36(32)42-37/h3-24H,1-2H3. The quantitative estimate of drug-likeness (QED) is 0.212. The van der Waals surface area contributed by atoms with Gasteiger partial charge in [-0.2, -0.15) is 0 Å². The van der Waals surface area contributed by atoms with Gasteiger partial charge in [0.25, 0.3) is 0 Å². The average molecular weight is 562 g/mol. The maximum Gasteiger partial charge on any atom is 0.137 e. The van der Waals surface area contributed by atoms with Crippen LogP contribution in [-0.2, 0) is 5.41 Å². The van der Waals surface area contributed by atoms with Gasteiger partial charge in [0.05, 0.1) is 11.1 Å². The molecule has 0 unspecified atom stereocenters. The lowest BCUT2D eigenvalue weighted by Gasteiger charge is -2.29. The van der Waals surface area contributed by atoms with E-state index in [9.17, 15) is 0 Å². The van der Waals surface area contributed by atoms with Crippen LogP contribution in [0.3, 0.4) is 0 Å². The van der Waals surface area contributed by atoms with Crippen LogP contribution in [0, 0.1) is 0 Å². The number of hydrogen-bond donors (Lipinski definition) is 0. The van der Waals surface area contributed by atoms with Crippen LogP contribution in [0.5, 0.6) is 0 Å². The number of rotatable bonds is 4. The molecule has 7 aromatic rings. The molecule has 0 amide bonds. The molecule has 42 heavy (non-hydrogen) atoms. The molecule has 1 heterocycles. The second-order valence-electron chi connectivity index (χ2n) is 11.5. The van der Waals surface area contributed by atoms with Gasteiger partial charge in [-0.1, -0.05) is 104 Å². The van der Waals surface area contributed by atoms with Gasteiger partial charge in [-0.3, -0.25) is 0 Å². The lowest BCUT2D eigenvalue weighted by Crippen LogP contribution is -2.16. The molecule has 0 saturated carbocycles. The summed E-state index contributed by atoms with van der Waals surface area (Å²) >= 11 is 6.40. The Kier molecular flexibility index (Phi) is 5.57. The molecule has 0 N–H and O–H groups in total. The van der Waals surface area contributed by atoms with E-state index < -0.39 is 0 Å². The lowest BCUT2D eigenvalue weighted by molar-refractivity contribution is 0.660. The summed E-state index contributed by atoms with van der Waals surface area (Å²) in [6, 6.07) is 47.1. The first-order valence-corrected chi connectivity index (χ1v) is 14.7. The van der Waals surface area contributed by atoms with E-state index in [4.69, 9.17) is 16.0 Å². The molecule has 0 radical (unpaired) electrons. The maximum atomic E-state index is 6.40. The highest BCUT2D eigenvalue weighted by atomic mass is 35.5. The minimum atomic E-state index is -0.107. The third kappa shape index (κ3) is 3.79. The largest absolute Gasteiger partial charge is 0.456 e. The molecule has 1 aliphatic rings. The van der Waals surface area contributed by atoms with Crippen LogP contribution >= 0.6 is 11.6 Å². The van der Waals surface area contributed by atoms with Crippen LogP contribution < -0.4 is 4.90 Å². The molecule has 0 bridgehead atoms. The number of fused-ring (bicyclic) bond motifs is 6. The van der Waals surface area contributed by atoms with E-state index in [1.807, 2.05) is 30.3 Å². The number of nitrogens with zero attached hydrogens (tertiary/aromatic N) is 1. The highest BCUT2D eigenvalue weighted by Crippen LogP contribution is 2.51. The zero-order chi connectivity index (χ0) is 28.4. The Balaban J connectivity index is 1.39. The van der Waals surface area contributed by atoms with Crippen LogP contribution in [0.15, 0.2) is 138 Å². The van der Waals surface area contributed by atoms with E-state index in [0.717, 1.165) is 55.2 Å². The van der Waals surface area contributed by atoms with E-state index >= 15 is 0 Å². The summed E-state index contributed by atoms with van der Waals surface area (Å²) in [5, 5.41) is 2.93. The molecule has 0 atom stereocenters. The summed E-state index contributed by atoms with van der Waals surface area (Å²) in [4.78, 5) is 2.37. The highest BCUT2D eigenvalue weighted by molar-refractivity contribution is 6.30. The Bertz CT molecular complexity index is 2150. The zero-order valence-corrected chi connectivity index (χ0v) is 24.2. The van der Waals surface area contributed by atoms with Gasteiger partial charge < -0.3 is 9.32 Å². The van der Waals surface area contributed by atoms with Crippen molar-refractivity contribution in [2.45, 2.75) is 19.3 Å². The van der Waals surface area contributed by atoms with Gasteiger partial charge in [-0.25, -0.2) is 0 Å². The lowest BCUT2D eigenvalue weighted by atomic mass is 9.82. The zero-order valence-electron chi connectivity index (χ0n) is 23.4. The summed E-state index contributed by atoms with van der Waals surface area (Å²) < 4.78 is 6.33. The predicted octanol–water partition coefficient (Wildman–Crippen LogP) is 11.7. The van der Waals surface area contributed by atoms with Gasteiger partial charge in [0.2, 0.25) is 0 Å². The van der Waals surface area contributed by atoms with Crippen molar-refractivity contribution in [3.05, 3.63) is 150 Å². The first-order chi connectivity index (χ1) is 20.5. The molecule has 0 fully saturated rings. The predicted molar refractivity (Wildman–Crippen MR) is 176 cm³/mol. The Hall–Kier alpha value is -4.79. The monoisotopic (exact) mass is 561 g/mol. The Labute approximate surface area is 250 Å². The third-order valence-electron chi connectivity index (χ3n) is 8.71. The molecule has 8 rings (SSSR count). The Morgan fingerprint density at radius 2 is 1.26 bits per heavy atom. The van der Waals surface area contributed by atoms with Crippen LogP contribution in [-0.4, -0.2) is 0 Å². The minimum Gasteiger partial charge on any atom is -0.456 e. The molecule has 0 saturated heterocycles. The molecular weight excluding hydrogens is 534 g/mol. The topological polar surface area (TPSA) is 16.4 Å². The number of hydrogen-bond acceptors (Lipinski definition) is 2. The normalized spacial score (nSPS) is 13.3. The van der Waals surface area contributed by atoms with Crippen molar-refractivity contribution in [3.8, 4) is 22.3 Å². The van der Waals surface area contributed by atoms with Crippen molar-refractivity contribution in [3.63, 3.8) is 0 Å². The Morgan fingerprint density at radius 1 is 0.571 bits per heavy atom. The number of furan rings is 1. The summed E-state index contributed by atoms with van der Waals surface area (Å²) in [5.74, 6) is 0. The summed E-state index contributed by atoms with van der Waals surface area (Å²) in [6.45, 7) is 4.66. The third-order valence-corrected chi connectivity index (χ3v) is 8.94. The fourth-order valence-electron chi connectivity index (χ4n) is 6.69. The highest BCUT2D eigenvalue weighted by Gasteiger charge is 2.35. The van der Waals surface area contributed by atoms with E-state index in [2.05, 4.69) is 122 Å². The summed E-state index contributed by atoms with van der Waals surface area (Å²) in [5.41, 5.74) is 12.4. The average Bonchev–Trinajstić information content (AvgIpc) is 3.51. The first kappa shape index (κ1) is 25.0. The van der Waals surface area contributed by atoms with E-state index in [1.165, 1.54) is 22.3 Å². The van der Waals surface area contributed by atoms with Crippen molar-refractivity contribution < 1.29 is 4.42 Å². The van der Waals surface area contributed by atoms with Crippen molar-refractivity contribution in [2.75, 3.05) is 4.90 Å². The minimum absolute atomic E-state index is 0.107. The van der Waals surface area contributed by atoms with E-state index in [0.29, 0.717) is 0 Å². The fourth-order valence-corrected chi connectivity index (χ4v) is 6.88. The SMILES string of the molecule is CC1(C)c2ccccc2-c2ccc(N(c3cccc(-c4cccc(Cl)c4)c3)c3cccc4oc5ccccc5c34)cc21. The molecule has 2 nitrogen and oxygen atoms in total. The van der Waals surface area contributed by atoms with Crippen molar-refractivity contribution in [2.24, 2.45) is 0 Å². The first-order valence-electron chi connectivity index (χ1n) is 14.3. The van der Waals surface area contributed by atoms with Gasteiger partial charge in [-0.05, 0) is 88.0 Å². The molecule has 3 heteroatoms. The van der Waals surface area contributed by atoms with Gasteiger partial charge in [0.1, 0.15) is 11.2 Å². The maximum absolute atomic E-state index is 6.40. The van der Waals surface area contributed by atoms with Crippen molar-refractivity contribution >= 4 is 50.6 Å². The van der Waals surface area contributed by atoms with Crippen LogP contribution in [0.2, 0.25) is 5.02 Å². The van der Waals surface area contributed by atoms with Gasteiger partial charge in [0.15, 0.2) is 0 Å². The number of benzene rings is 6. The number of halogens is 1. The van der Waals surface area contributed by atoms with Crippen molar-refractivity contribution in [1.82, 2.24) is 0 Å². The van der Waals surface area contributed by atoms with Gasteiger partial charge >= 0.3 is 0 Å². The number of anilines is 3. The molecule has 6 aromatic carbocycles. The van der Waals surface area contributed by atoms with Crippen LogP contribution in [0.4, 0.5) is 17.1 Å².